The number of fused-ring (bicyclic) bond motifs is 1. The minimum absolute atomic E-state index is 0.253. The maximum Gasteiger partial charge on any atom is 0.308 e. The van der Waals surface area contributed by atoms with Crippen molar-refractivity contribution in [3.8, 4) is 5.75 Å². The van der Waals surface area contributed by atoms with Gasteiger partial charge in [0.05, 0.1) is 0 Å². The van der Waals surface area contributed by atoms with Crippen molar-refractivity contribution < 1.29 is 9.53 Å². The summed E-state index contributed by atoms with van der Waals surface area (Å²) in [4.78, 5) is 11.0. The largest absolute Gasteiger partial charge is 0.427 e. The Morgan fingerprint density at radius 2 is 2.22 bits per heavy atom. The molecular formula is C16H20O2. The first-order valence-corrected chi connectivity index (χ1v) is 6.71. The van der Waals surface area contributed by atoms with Gasteiger partial charge >= 0.3 is 5.97 Å². The third-order valence-corrected chi connectivity index (χ3v) is 3.24. The lowest BCUT2D eigenvalue weighted by atomic mass is 10.0. The predicted octanol–water partition coefficient (Wildman–Crippen LogP) is 3.91. The molecule has 0 aliphatic heterocycles. The Labute approximate surface area is 109 Å². The van der Waals surface area contributed by atoms with Crippen LogP contribution in [0.2, 0.25) is 0 Å². The first-order chi connectivity index (χ1) is 8.70. The van der Waals surface area contributed by atoms with Crippen molar-refractivity contribution in [1.29, 1.82) is 0 Å². The van der Waals surface area contributed by atoms with Gasteiger partial charge in [0.1, 0.15) is 5.75 Å². The Kier molecular flexibility index (Phi) is 4.19. The van der Waals surface area contributed by atoms with E-state index in [9.17, 15) is 4.79 Å². The quantitative estimate of drug-likeness (QED) is 0.593. The van der Waals surface area contributed by atoms with Crippen molar-refractivity contribution in [3.63, 3.8) is 0 Å². The molecule has 0 saturated heterocycles. The zero-order chi connectivity index (χ0) is 13.0. The maximum atomic E-state index is 11.0. The number of carbonyl (C=O) groups is 1. The van der Waals surface area contributed by atoms with E-state index in [1.54, 1.807) is 0 Å². The minimum Gasteiger partial charge on any atom is -0.427 e. The molecule has 0 heterocycles. The number of benzene rings is 1. The Morgan fingerprint density at radius 1 is 1.39 bits per heavy atom. The molecule has 0 aromatic heterocycles. The third-order valence-electron chi connectivity index (χ3n) is 3.24. The second-order valence-corrected chi connectivity index (χ2v) is 4.79. The molecule has 0 atom stereocenters. The Hall–Kier alpha value is -1.57. The highest BCUT2D eigenvalue weighted by Gasteiger charge is 2.16. The van der Waals surface area contributed by atoms with Crippen molar-refractivity contribution in [2.45, 2.75) is 46.0 Å². The number of hydrogen-bond donors (Lipinski definition) is 0. The predicted molar refractivity (Wildman–Crippen MR) is 73.7 cm³/mol. The molecule has 1 aliphatic carbocycles. The van der Waals surface area contributed by atoms with E-state index in [4.69, 9.17) is 4.74 Å². The van der Waals surface area contributed by atoms with Crippen LogP contribution < -0.4 is 4.74 Å². The van der Waals surface area contributed by atoms with Crippen LogP contribution in [0.5, 0.6) is 5.75 Å². The van der Waals surface area contributed by atoms with Crippen molar-refractivity contribution in [1.82, 2.24) is 0 Å². The van der Waals surface area contributed by atoms with E-state index in [1.807, 2.05) is 12.1 Å². The second-order valence-electron chi connectivity index (χ2n) is 4.79. The second kappa shape index (κ2) is 5.85. The van der Waals surface area contributed by atoms with Gasteiger partial charge < -0.3 is 4.74 Å². The zero-order valence-electron chi connectivity index (χ0n) is 11.2. The highest BCUT2D eigenvalue weighted by Crippen LogP contribution is 2.31. The first-order valence-electron chi connectivity index (χ1n) is 6.71. The van der Waals surface area contributed by atoms with Gasteiger partial charge in [0.2, 0.25) is 0 Å². The van der Waals surface area contributed by atoms with Crippen molar-refractivity contribution in [2.24, 2.45) is 0 Å². The summed E-state index contributed by atoms with van der Waals surface area (Å²) in [6.45, 7) is 3.61. The Morgan fingerprint density at radius 3 is 2.94 bits per heavy atom. The minimum atomic E-state index is -0.253. The number of aryl methyl sites for hydroxylation is 1. The van der Waals surface area contributed by atoms with Gasteiger partial charge in [-0.25, -0.2) is 0 Å². The molecule has 0 radical (unpaired) electrons. The van der Waals surface area contributed by atoms with Crippen LogP contribution in [0.25, 0.3) is 6.08 Å². The number of unbranched alkanes of at least 4 members (excludes halogenated alkanes) is 1. The Balaban J connectivity index is 2.31. The molecule has 1 aliphatic rings. The lowest BCUT2D eigenvalue weighted by Crippen LogP contribution is -2.02. The van der Waals surface area contributed by atoms with E-state index in [0.29, 0.717) is 5.75 Å². The van der Waals surface area contributed by atoms with Gasteiger partial charge in [-0.05, 0) is 54.5 Å². The summed E-state index contributed by atoms with van der Waals surface area (Å²) in [7, 11) is 0. The summed E-state index contributed by atoms with van der Waals surface area (Å²) in [5, 5.41) is 0. The van der Waals surface area contributed by atoms with Crippen LogP contribution in [-0.4, -0.2) is 5.97 Å². The molecule has 0 unspecified atom stereocenters. The number of carbonyl (C=O) groups excluding carboxylic acids is 1. The molecule has 0 amide bonds. The molecule has 1 aromatic carbocycles. The fourth-order valence-electron chi connectivity index (χ4n) is 2.46. The molecule has 0 fully saturated rings. The van der Waals surface area contributed by atoms with Gasteiger partial charge in [-0.15, -0.1) is 0 Å². The van der Waals surface area contributed by atoms with Crippen LogP contribution in [0, 0.1) is 0 Å². The molecule has 0 N–H and O–H groups in total. The van der Waals surface area contributed by atoms with Crippen LogP contribution in [0.4, 0.5) is 0 Å². The molecule has 18 heavy (non-hydrogen) atoms. The van der Waals surface area contributed by atoms with Gasteiger partial charge in [-0.2, -0.15) is 0 Å². The van der Waals surface area contributed by atoms with E-state index in [1.165, 1.54) is 30.0 Å². The van der Waals surface area contributed by atoms with Crippen LogP contribution in [0.15, 0.2) is 18.2 Å². The van der Waals surface area contributed by atoms with Crippen molar-refractivity contribution >= 4 is 12.0 Å². The summed E-state index contributed by atoms with van der Waals surface area (Å²) in [5.41, 5.74) is 3.98. The van der Waals surface area contributed by atoms with Gasteiger partial charge in [0.15, 0.2) is 0 Å². The normalized spacial score (nSPS) is 13.9. The molecule has 2 nitrogen and oxygen atoms in total. The van der Waals surface area contributed by atoms with E-state index in [0.717, 1.165) is 25.7 Å². The molecule has 96 valence electrons. The summed E-state index contributed by atoms with van der Waals surface area (Å²) in [5.74, 6) is 0.427. The highest BCUT2D eigenvalue weighted by atomic mass is 16.5. The third kappa shape index (κ3) is 3.00. The lowest BCUT2D eigenvalue weighted by molar-refractivity contribution is -0.131. The molecule has 2 rings (SSSR count). The van der Waals surface area contributed by atoms with Crippen LogP contribution in [0.3, 0.4) is 0 Å². The van der Waals surface area contributed by atoms with E-state index >= 15 is 0 Å². The summed E-state index contributed by atoms with van der Waals surface area (Å²) < 4.78 is 5.21. The molecule has 0 bridgehead atoms. The highest BCUT2D eigenvalue weighted by molar-refractivity contribution is 5.70. The average Bonchev–Trinajstić information content (AvgIpc) is 2.76. The number of hydrogen-bond acceptors (Lipinski definition) is 2. The van der Waals surface area contributed by atoms with E-state index in [-0.39, 0.29) is 5.97 Å². The monoisotopic (exact) mass is 244 g/mol. The van der Waals surface area contributed by atoms with Gasteiger partial charge in [0.25, 0.3) is 0 Å². The molecule has 0 saturated carbocycles. The fraction of sp³-hybridized carbons (Fsp3) is 0.438. The van der Waals surface area contributed by atoms with Crippen molar-refractivity contribution in [3.05, 3.63) is 34.9 Å². The summed E-state index contributed by atoms with van der Waals surface area (Å²) in [6, 6.07) is 4.00. The van der Waals surface area contributed by atoms with E-state index in [2.05, 4.69) is 19.1 Å². The van der Waals surface area contributed by atoms with Crippen LogP contribution in [0.1, 0.15) is 49.8 Å². The van der Waals surface area contributed by atoms with Crippen molar-refractivity contribution in [2.75, 3.05) is 0 Å². The SMILES string of the molecule is CCCC=Cc1cc(OC(C)=O)cc2c1CCC2. The Bertz CT molecular complexity index is 472. The topological polar surface area (TPSA) is 26.3 Å². The zero-order valence-corrected chi connectivity index (χ0v) is 11.2. The van der Waals surface area contributed by atoms with E-state index < -0.39 is 0 Å². The lowest BCUT2D eigenvalue weighted by Gasteiger charge is -2.08. The van der Waals surface area contributed by atoms with Gasteiger partial charge in [-0.1, -0.05) is 25.5 Å². The standard InChI is InChI=1S/C16H20O2/c1-3-4-5-7-13-10-15(18-12(2)17)11-14-8-6-9-16(13)14/h5,7,10-11H,3-4,6,8-9H2,1-2H3. The maximum absolute atomic E-state index is 11.0. The van der Waals surface area contributed by atoms with Crippen LogP contribution >= 0.6 is 0 Å². The summed E-state index contributed by atoms with van der Waals surface area (Å²) >= 11 is 0. The smallest absolute Gasteiger partial charge is 0.308 e. The number of esters is 1. The fourth-order valence-corrected chi connectivity index (χ4v) is 2.46. The molecule has 0 spiro atoms. The molecular weight excluding hydrogens is 224 g/mol. The molecule has 2 heteroatoms. The average molecular weight is 244 g/mol. The van der Waals surface area contributed by atoms with Gasteiger partial charge in [0, 0.05) is 6.92 Å². The number of rotatable bonds is 4. The first kappa shape index (κ1) is 12.9. The molecule has 1 aromatic rings. The number of allylic oxidation sites excluding steroid dienone is 1. The van der Waals surface area contributed by atoms with Gasteiger partial charge in [-0.3, -0.25) is 4.79 Å². The summed E-state index contributed by atoms with van der Waals surface area (Å²) in [6.07, 6.45) is 10.1. The number of ether oxygens (including phenoxy) is 1. The van der Waals surface area contributed by atoms with Crippen LogP contribution in [-0.2, 0) is 17.6 Å².